The van der Waals surface area contributed by atoms with E-state index >= 15 is 0 Å². The maximum Gasteiger partial charge on any atom is 0.207 e. The minimum absolute atomic E-state index is 0.414. The Balaban J connectivity index is 3.41. The van der Waals surface area contributed by atoms with E-state index in [1.807, 2.05) is 0 Å². The lowest BCUT2D eigenvalue weighted by atomic mass is 10.1. The van der Waals surface area contributed by atoms with E-state index in [2.05, 4.69) is 19.2 Å². The summed E-state index contributed by atoms with van der Waals surface area (Å²) in [6.45, 7) is 4.31. The average molecular weight is 157 g/mol. The summed E-state index contributed by atoms with van der Waals surface area (Å²) < 4.78 is 0. The Hall–Kier alpha value is -0.530. The molecule has 0 aromatic carbocycles. The molecule has 0 rings (SSSR count). The molecule has 1 N–H and O–H groups in total. The number of amides is 1. The molecule has 0 heterocycles. The van der Waals surface area contributed by atoms with Crippen molar-refractivity contribution in [3.05, 3.63) is 0 Å². The Morgan fingerprint density at radius 2 is 2.00 bits per heavy atom. The third-order valence-corrected chi connectivity index (χ3v) is 1.85. The predicted octanol–water partition coefficient (Wildman–Crippen LogP) is 2.09. The van der Waals surface area contributed by atoms with Crippen molar-refractivity contribution in [1.29, 1.82) is 0 Å². The smallest absolute Gasteiger partial charge is 0.207 e. The third kappa shape index (κ3) is 5.89. The highest BCUT2D eigenvalue weighted by Crippen LogP contribution is 2.05. The molecule has 0 bridgehead atoms. The molecular weight excluding hydrogens is 138 g/mol. The van der Waals surface area contributed by atoms with Gasteiger partial charge in [0, 0.05) is 6.04 Å². The summed E-state index contributed by atoms with van der Waals surface area (Å²) >= 11 is 0. The second kappa shape index (κ2) is 7.58. The van der Waals surface area contributed by atoms with Crippen LogP contribution in [-0.2, 0) is 4.79 Å². The SMILES string of the molecule is CCCCC(CCC)NC=O. The predicted molar refractivity (Wildman–Crippen MR) is 47.4 cm³/mol. The van der Waals surface area contributed by atoms with Gasteiger partial charge in [0.15, 0.2) is 0 Å². The van der Waals surface area contributed by atoms with Gasteiger partial charge in [-0.25, -0.2) is 0 Å². The van der Waals surface area contributed by atoms with E-state index in [0.29, 0.717) is 6.04 Å². The van der Waals surface area contributed by atoms with Crippen molar-refractivity contribution in [2.45, 2.75) is 52.0 Å². The molecule has 1 unspecified atom stereocenters. The normalized spacial score (nSPS) is 12.5. The molecule has 11 heavy (non-hydrogen) atoms. The highest BCUT2D eigenvalue weighted by atomic mass is 16.1. The monoisotopic (exact) mass is 157 g/mol. The van der Waals surface area contributed by atoms with Crippen LogP contribution in [0.15, 0.2) is 0 Å². The average Bonchev–Trinajstić information content (AvgIpc) is 2.01. The lowest BCUT2D eigenvalue weighted by Crippen LogP contribution is -2.27. The lowest BCUT2D eigenvalue weighted by molar-refractivity contribution is -0.110. The number of nitrogens with one attached hydrogen (secondary N) is 1. The second-order valence-corrected chi connectivity index (χ2v) is 2.91. The fraction of sp³-hybridized carbons (Fsp3) is 0.889. The molecule has 0 aromatic rings. The molecule has 0 aliphatic rings. The van der Waals surface area contributed by atoms with Crippen molar-refractivity contribution in [2.75, 3.05) is 0 Å². The van der Waals surface area contributed by atoms with Crippen LogP contribution in [0.4, 0.5) is 0 Å². The quantitative estimate of drug-likeness (QED) is 0.563. The van der Waals surface area contributed by atoms with Gasteiger partial charge in [0.2, 0.25) is 6.41 Å². The Labute approximate surface area is 69.4 Å². The fourth-order valence-electron chi connectivity index (χ4n) is 1.21. The molecule has 0 aliphatic carbocycles. The zero-order valence-corrected chi connectivity index (χ0v) is 7.60. The zero-order valence-electron chi connectivity index (χ0n) is 7.60. The molecule has 66 valence electrons. The van der Waals surface area contributed by atoms with Gasteiger partial charge in [-0.05, 0) is 12.8 Å². The molecule has 0 saturated carbocycles. The van der Waals surface area contributed by atoms with E-state index in [1.54, 1.807) is 0 Å². The molecule has 0 radical (unpaired) electrons. The zero-order chi connectivity index (χ0) is 8.53. The Morgan fingerprint density at radius 1 is 1.27 bits per heavy atom. The molecule has 0 aliphatic heterocycles. The van der Waals surface area contributed by atoms with Crippen molar-refractivity contribution >= 4 is 6.41 Å². The Bertz CT molecular complexity index is 93.6. The van der Waals surface area contributed by atoms with E-state index in [1.165, 1.54) is 12.8 Å². The minimum Gasteiger partial charge on any atom is -0.356 e. The Morgan fingerprint density at radius 3 is 2.45 bits per heavy atom. The highest BCUT2D eigenvalue weighted by Gasteiger charge is 2.03. The maximum atomic E-state index is 10.1. The molecule has 1 atom stereocenters. The van der Waals surface area contributed by atoms with E-state index < -0.39 is 0 Å². The number of carbonyl (C=O) groups excluding carboxylic acids is 1. The van der Waals surface area contributed by atoms with Crippen LogP contribution in [-0.4, -0.2) is 12.5 Å². The van der Waals surface area contributed by atoms with Gasteiger partial charge in [0.25, 0.3) is 0 Å². The summed E-state index contributed by atoms with van der Waals surface area (Å²) in [5.74, 6) is 0. The van der Waals surface area contributed by atoms with E-state index in [-0.39, 0.29) is 0 Å². The standard InChI is InChI=1S/C9H19NO/c1-3-5-7-9(6-4-2)10-8-11/h8-9H,3-7H2,1-2H3,(H,10,11). The molecule has 1 amide bonds. The molecule has 0 saturated heterocycles. The first-order valence-corrected chi connectivity index (χ1v) is 4.54. The molecule has 0 spiro atoms. The summed E-state index contributed by atoms with van der Waals surface area (Å²) in [7, 11) is 0. The number of hydrogen-bond donors (Lipinski definition) is 1. The number of rotatable bonds is 7. The van der Waals surface area contributed by atoms with E-state index in [4.69, 9.17) is 0 Å². The lowest BCUT2D eigenvalue weighted by Gasteiger charge is -2.13. The van der Waals surface area contributed by atoms with Crippen molar-refractivity contribution in [3.8, 4) is 0 Å². The van der Waals surface area contributed by atoms with Crippen LogP contribution >= 0.6 is 0 Å². The van der Waals surface area contributed by atoms with Crippen LogP contribution in [0.1, 0.15) is 46.0 Å². The summed E-state index contributed by atoms with van der Waals surface area (Å²) in [5, 5.41) is 2.84. The van der Waals surface area contributed by atoms with Gasteiger partial charge in [-0.15, -0.1) is 0 Å². The van der Waals surface area contributed by atoms with Crippen LogP contribution in [0.3, 0.4) is 0 Å². The topological polar surface area (TPSA) is 29.1 Å². The Kier molecular flexibility index (Phi) is 7.21. The van der Waals surface area contributed by atoms with Crippen molar-refractivity contribution in [2.24, 2.45) is 0 Å². The first-order chi connectivity index (χ1) is 5.35. The van der Waals surface area contributed by atoms with Crippen LogP contribution < -0.4 is 5.32 Å². The van der Waals surface area contributed by atoms with E-state index in [0.717, 1.165) is 25.7 Å². The first kappa shape index (κ1) is 10.5. The summed E-state index contributed by atoms with van der Waals surface area (Å²) in [5.41, 5.74) is 0. The summed E-state index contributed by atoms with van der Waals surface area (Å²) in [6.07, 6.45) is 6.62. The van der Waals surface area contributed by atoms with Gasteiger partial charge in [-0.1, -0.05) is 33.1 Å². The van der Waals surface area contributed by atoms with Crippen LogP contribution in [0.25, 0.3) is 0 Å². The largest absolute Gasteiger partial charge is 0.356 e. The fourth-order valence-corrected chi connectivity index (χ4v) is 1.21. The van der Waals surface area contributed by atoms with E-state index in [9.17, 15) is 4.79 Å². The van der Waals surface area contributed by atoms with Gasteiger partial charge in [-0.2, -0.15) is 0 Å². The van der Waals surface area contributed by atoms with Gasteiger partial charge < -0.3 is 5.32 Å². The third-order valence-electron chi connectivity index (χ3n) is 1.85. The summed E-state index contributed by atoms with van der Waals surface area (Å²) in [6, 6.07) is 0.414. The molecule has 2 heteroatoms. The number of carbonyl (C=O) groups is 1. The van der Waals surface area contributed by atoms with Gasteiger partial charge in [0.1, 0.15) is 0 Å². The molecule has 0 aromatic heterocycles. The minimum atomic E-state index is 0.414. The van der Waals surface area contributed by atoms with Crippen molar-refractivity contribution in [1.82, 2.24) is 5.32 Å². The van der Waals surface area contributed by atoms with Crippen molar-refractivity contribution < 1.29 is 4.79 Å². The number of hydrogen-bond acceptors (Lipinski definition) is 1. The molecular formula is C9H19NO. The second-order valence-electron chi connectivity index (χ2n) is 2.91. The first-order valence-electron chi connectivity index (χ1n) is 4.54. The van der Waals surface area contributed by atoms with Gasteiger partial charge in [-0.3, -0.25) is 4.79 Å². The van der Waals surface area contributed by atoms with Crippen molar-refractivity contribution in [3.63, 3.8) is 0 Å². The van der Waals surface area contributed by atoms with Crippen LogP contribution in [0.2, 0.25) is 0 Å². The molecule has 0 fully saturated rings. The molecule has 2 nitrogen and oxygen atoms in total. The summed E-state index contributed by atoms with van der Waals surface area (Å²) in [4.78, 5) is 10.1. The van der Waals surface area contributed by atoms with Gasteiger partial charge in [0.05, 0.1) is 0 Å². The van der Waals surface area contributed by atoms with Crippen LogP contribution in [0, 0.1) is 0 Å². The van der Waals surface area contributed by atoms with Gasteiger partial charge >= 0.3 is 0 Å². The highest BCUT2D eigenvalue weighted by molar-refractivity contribution is 5.46. The number of unbranched alkanes of at least 4 members (excludes halogenated alkanes) is 1. The maximum absolute atomic E-state index is 10.1. The van der Waals surface area contributed by atoms with Crippen LogP contribution in [0.5, 0.6) is 0 Å².